The molecule has 3 nitrogen and oxygen atoms in total. The predicted molar refractivity (Wildman–Crippen MR) is 78.2 cm³/mol. The molecule has 2 rings (SSSR count). The zero-order valence-electron chi connectivity index (χ0n) is 9.69. The van der Waals surface area contributed by atoms with Gasteiger partial charge in [0.05, 0.1) is 18.1 Å². The molecule has 0 saturated heterocycles. The summed E-state index contributed by atoms with van der Waals surface area (Å²) in [6.45, 7) is 0.473. The minimum Gasteiger partial charge on any atom is -0.496 e. The second kappa shape index (κ2) is 5.71. The first-order valence-electron chi connectivity index (χ1n) is 5.29. The largest absolute Gasteiger partial charge is 0.496 e. The number of hydrogen-bond acceptors (Lipinski definition) is 2. The molecule has 0 aliphatic rings. The third-order valence-corrected chi connectivity index (χ3v) is 3.54. The number of halogens is 2. The van der Waals surface area contributed by atoms with E-state index in [2.05, 4.69) is 31.9 Å². The third kappa shape index (κ3) is 2.84. The molecule has 0 amide bonds. The van der Waals surface area contributed by atoms with Gasteiger partial charge in [0.1, 0.15) is 5.75 Å². The highest BCUT2D eigenvalue weighted by molar-refractivity contribution is 9.11. The summed E-state index contributed by atoms with van der Waals surface area (Å²) < 4.78 is 8.29. The number of benzene rings is 1. The van der Waals surface area contributed by atoms with E-state index in [0.717, 1.165) is 15.8 Å². The number of rotatable bonds is 3. The molecule has 1 aromatic heterocycles. The fraction of sp³-hybridized carbons (Fsp3) is 0.154. The Morgan fingerprint density at radius 2 is 2.00 bits per heavy atom. The van der Waals surface area contributed by atoms with E-state index in [9.17, 15) is 4.79 Å². The molecule has 1 aromatic carbocycles. The lowest BCUT2D eigenvalue weighted by molar-refractivity contribution is 0.408. The maximum atomic E-state index is 12.0. The Bertz CT molecular complexity index is 623. The molecule has 0 fully saturated rings. The number of para-hydroxylation sites is 1. The highest BCUT2D eigenvalue weighted by Crippen LogP contribution is 2.19. The van der Waals surface area contributed by atoms with Crippen LogP contribution < -0.4 is 10.3 Å². The molecule has 5 heteroatoms. The molecule has 0 unspecified atom stereocenters. The van der Waals surface area contributed by atoms with Crippen LogP contribution in [0.5, 0.6) is 5.75 Å². The van der Waals surface area contributed by atoms with Crippen LogP contribution in [0.1, 0.15) is 5.56 Å². The maximum Gasteiger partial charge on any atom is 0.265 e. The van der Waals surface area contributed by atoms with Crippen molar-refractivity contribution in [1.82, 2.24) is 4.57 Å². The molecular formula is C13H11Br2NO2. The molecule has 0 bridgehead atoms. The van der Waals surface area contributed by atoms with Gasteiger partial charge >= 0.3 is 0 Å². The minimum atomic E-state index is -0.0656. The molecule has 1 heterocycles. The molecule has 0 radical (unpaired) electrons. The smallest absolute Gasteiger partial charge is 0.265 e. The van der Waals surface area contributed by atoms with Crippen molar-refractivity contribution in [3.05, 3.63) is 61.4 Å². The zero-order chi connectivity index (χ0) is 13.1. The number of aromatic nitrogens is 1. The molecule has 0 atom stereocenters. The lowest BCUT2D eigenvalue weighted by atomic mass is 10.2. The first-order chi connectivity index (χ1) is 8.61. The van der Waals surface area contributed by atoms with Gasteiger partial charge in [-0.15, -0.1) is 0 Å². The van der Waals surface area contributed by atoms with E-state index in [4.69, 9.17) is 4.74 Å². The molecule has 0 spiro atoms. The number of hydrogen-bond donors (Lipinski definition) is 0. The number of pyridine rings is 1. The Kier molecular flexibility index (Phi) is 4.24. The van der Waals surface area contributed by atoms with E-state index in [-0.39, 0.29) is 5.56 Å². The number of methoxy groups -OCH3 is 1. The van der Waals surface area contributed by atoms with E-state index in [1.54, 1.807) is 23.9 Å². The van der Waals surface area contributed by atoms with Crippen molar-refractivity contribution in [2.75, 3.05) is 7.11 Å². The second-order valence-electron chi connectivity index (χ2n) is 3.75. The van der Waals surface area contributed by atoms with E-state index in [1.807, 2.05) is 24.3 Å². The van der Waals surface area contributed by atoms with E-state index in [0.29, 0.717) is 11.0 Å². The van der Waals surface area contributed by atoms with Gasteiger partial charge in [0.25, 0.3) is 5.56 Å². The van der Waals surface area contributed by atoms with Crippen LogP contribution in [-0.4, -0.2) is 11.7 Å². The predicted octanol–water partition coefficient (Wildman–Crippen LogP) is 3.43. The molecule has 18 heavy (non-hydrogen) atoms. The SMILES string of the molecule is COc1ccccc1Cn1cc(Br)cc(Br)c1=O. The van der Waals surface area contributed by atoms with Crippen molar-refractivity contribution in [2.45, 2.75) is 6.54 Å². The maximum absolute atomic E-state index is 12.0. The Morgan fingerprint density at radius 3 is 2.72 bits per heavy atom. The normalized spacial score (nSPS) is 10.4. The van der Waals surface area contributed by atoms with Crippen LogP contribution in [0.3, 0.4) is 0 Å². The standard InChI is InChI=1S/C13H11Br2NO2/c1-18-12-5-3-2-4-9(12)7-16-8-10(14)6-11(15)13(16)17/h2-6,8H,7H2,1H3. The number of nitrogens with zero attached hydrogens (tertiary/aromatic N) is 1. The molecule has 0 aliphatic carbocycles. The van der Waals surface area contributed by atoms with Gasteiger partial charge in [-0.2, -0.15) is 0 Å². The molecule has 0 N–H and O–H groups in total. The van der Waals surface area contributed by atoms with Gasteiger partial charge in [-0.25, -0.2) is 0 Å². The Hall–Kier alpha value is -1.07. The van der Waals surface area contributed by atoms with Gasteiger partial charge in [-0.05, 0) is 44.0 Å². The lowest BCUT2D eigenvalue weighted by Gasteiger charge is -2.10. The minimum absolute atomic E-state index is 0.0656. The van der Waals surface area contributed by atoms with Crippen LogP contribution in [0, 0.1) is 0 Å². The lowest BCUT2D eigenvalue weighted by Crippen LogP contribution is -2.20. The van der Waals surface area contributed by atoms with Crippen LogP contribution in [0.2, 0.25) is 0 Å². The topological polar surface area (TPSA) is 31.2 Å². The van der Waals surface area contributed by atoms with Crippen molar-refractivity contribution in [2.24, 2.45) is 0 Å². The quantitative estimate of drug-likeness (QED) is 0.826. The molecule has 0 aliphatic heterocycles. The van der Waals surface area contributed by atoms with Crippen molar-refractivity contribution < 1.29 is 4.74 Å². The fourth-order valence-electron chi connectivity index (χ4n) is 1.70. The van der Waals surface area contributed by atoms with Crippen molar-refractivity contribution in [1.29, 1.82) is 0 Å². The van der Waals surface area contributed by atoms with Gasteiger partial charge in [0.2, 0.25) is 0 Å². The summed E-state index contributed by atoms with van der Waals surface area (Å²) in [7, 11) is 1.62. The summed E-state index contributed by atoms with van der Waals surface area (Å²) in [5, 5.41) is 0. The summed E-state index contributed by atoms with van der Waals surface area (Å²) in [6, 6.07) is 9.40. The van der Waals surface area contributed by atoms with Crippen LogP contribution in [0.25, 0.3) is 0 Å². The van der Waals surface area contributed by atoms with Gasteiger partial charge < -0.3 is 9.30 Å². The molecule has 2 aromatic rings. The average molecular weight is 373 g/mol. The highest BCUT2D eigenvalue weighted by atomic mass is 79.9. The molecule has 0 saturated carbocycles. The summed E-state index contributed by atoms with van der Waals surface area (Å²) in [6.07, 6.45) is 1.76. The summed E-state index contributed by atoms with van der Waals surface area (Å²) in [4.78, 5) is 12.0. The van der Waals surface area contributed by atoms with Crippen LogP contribution >= 0.6 is 31.9 Å². The summed E-state index contributed by atoms with van der Waals surface area (Å²) in [5.74, 6) is 0.778. The monoisotopic (exact) mass is 371 g/mol. The van der Waals surface area contributed by atoms with Crippen molar-refractivity contribution in [3.8, 4) is 5.75 Å². The van der Waals surface area contributed by atoms with Crippen molar-refractivity contribution in [3.63, 3.8) is 0 Å². The van der Waals surface area contributed by atoms with E-state index < -0.39 is 0 Å². The van der Waals surface area contributed by atoms with Crippen LogP contribution in [0.4, 0.5) is 0 Å². The first kappa shape index (κ1) is 13.4. The van der Waals surface area contributed by atoms with Crippen LogP contribution in [0.15, 0.2) is 50.3 Å². The Balaban J connectivity index is 2.43. The van der Waals surface area contributed by atoms with Crippen LogP contribution in [-0.2, 0) is 6.54 Å². The van der Waals surface area contributed by atoms with Gasteiger partial charge in [-0.3, -0.25) is 4.79 Å². The first-order valence-corrected chi connectivity index (χ1v) is 6.88. The van der Waals surface area contributed by atoms with E-state index >= 15 is 0 Å². The van der Waals surface area contributed by atoms with E-state index in [1.165, 1.54) is 0 Å². The number of ether oxygens (including phenoxy) is 1. The third-order valence-electron chi connectivity index (χ3n) is 2.54. The summed E-state index contributed by atoms with van der Waals surface area (Å²) >= 11 is 6.63. The fourth-order valence-corrected chi connectivity index (χ4v) is 2.96. The second-order valence-corrected chi connectivity index (χ2v) is 5.52. The molecular weight excluding hydrogens is 362 g/mol. The average Bonchev–Trinajstić information content (AvgIpc) is 2.36. The van der Waals surface area contributed by atoms with Gasteiger partial charge in [0.15, 0.2) is 0 Å². The Labute approximate surface area is 122 Å². The summed E-state index contributed by atoms with van der Waals surface area (Å²) in [5.41, 5.74) is 0.899. The molecule has 94 valence electrons. The van der Waals surface area contributed by atoms with Gasteiger partial charge in [0, 0.05) is 16.2 Å². The zero-order valence-corrected chi connectivity index (χ0v) is 12.9. The van der Waals surface area contributed by atoms with Gasteiger partial charge in [-0.1, -0.05) is 18.2 Å². The Morgan fingerprint density at radius 1 is 1.28 bits per heavy atom. The highest BCUT2D eigenvalue weighted by Gasteiger charge is 2.07. The van der Waals surface area contributed by atoms with Crippen molar-refractivity contribution >= 4 is 31.9 Å².